The molecule has 2 aliphatic rings. The molecule has 2 fully saturated rings. The molecule has 2 saturated heterocycles. The Bertz CT molecular complexity index is 824. The first-order valence-corrected chi connectivity index (χ1v) is 8.89. The third-order valence-corrected chi connectivity index (χ3v) is 5.48. The number of pyridine rings is 1. The van der Waals surface area contributed by atoms with Crippen molar-refractivity contribution in [3.8, 4) is 0 Å². The summed E-state index contributed by atoms with van der Waals surface area (Å²) in [5, 5.41) is 7.34. The minimum Gasteiger partial charge on any atom is -0.362 e. The van der Waals surface area contributed by atoms with Gasteiger partial charge in [0.05, 0.1) is 5.56 Å². The molecule has 0 saturated carbocycles. The number of H-pyrrole nitrogens is 1. The van der Waals surface area contributed by atoms with Crippen LogP contribution in [0.5, 0.6) is 0 Å². The smallest absolute Gasteiger partial charge is 0.257 e. The molecule has 0 aliphatic carbocycles. The van der Waals surface area contributed by atoms with E-state index in [1.165, 1.54) is 0 Å². The van der Waals surface area contributed by atoms with E-state index in [0.717, 1.165) is 37.8 Å². The molecule has 1 atom stereocenters. The highest BCUT2D eigenvalue weighted by Gasteiger charge is 2.56. The van der Waals surface area contributed by atoms with Crippen molar-refractivity contribution in [3.05, 3.63) is 35.5 Å². The van der Waals surface area contributed by atoms with Crippen LogP contribution in [0.2, 0.25) is 0 Å². The molecule has 1 N–H and O–H groups in total. The number of aromatic amines is 1. The van der Waals surface area contributed by atoms with Crippen LogP contribution in [0, 0.1) is 12.3 Å². The number of hydrogen-bond donors (Lipinski definition) is 1. The van der Waals surface area contributed by atoms with Gasteiger partial charge in [-0.1, -0.05) is 0 Å². The third kappa shape index (κ3) is 2.65. The number of aromatic nitrogens is 4. The zero-order valence-corrected chi connectivity index (χ0v) is 15.7. The maximum atomic E-state index is 13.0. The molecule has 8 nitrogen and oxygen atoms in total. The normalized spacial score (nSPS) is 21.8. The van der Waals surface area contributed by atoms with Crippen molar-refractivity contribution in [3.63, 3.8) is 0 Å². The highest BCUT2D eigenvalue weighted by atomic mass is 16.2. The zero-order valence-electron chi connectivity index (χ0n) is 15.7. The zero-order chi connectivity index (χ0) is 18.5. The van der Waals surface area contributed by atoms with Gasteiger partial charge in [-0.2, -0.15) is 5.10 Å². The largest absolute Gasteiger partial charge is 0.362 e. The molecular formula is C18H25N7O. The van der Waals surface area contributed by atoms with Crippen LogP contribution >= 0.6 is 0 Å². The molecule has 8 heteroatoms. The van der Waals surface area contributed by atoms with Crippen LogP contribution in [0.1, 0.15) is 27.9 Å². The van der Waals surface area contributed by atoms with Gasteiger partial charge >= 0.3 is 0 Å². The lowest BCUT2D eigenvalue weighted by atomic mass is 9.71. The Morgan fingerprint density at radius 2 is 2.12 bits per heavy atom. The van der Waals surface area contributed by atoms with Gasteiger partial charge in [-0.05, 0) is 26.1 Å². The van der Waals surface area contributed by atoms with E-state index < -0.39 is 0 Å². The van der Waals surface area contributed by atoms with Crippen LogP contribution < -0.4 is 4.90 Å². The average Bonchev–Trinajstić information content (AvgIpc) is 3.15. The number of carbonyl (C=O) groups is 1. The van der Waals surface area contributed by atoms with Crippen LogP contribution in [-0.2, 0) is 0 Å². The van der Waals surface area contributed by atoms with Crippen molar-refractivity contribution in [2.45, 2.75) is 12.8 Å². The fourth-order valence-electron chi connectivity index (χ4n) is 4.36. The standard InChI is InChI=1S/C18H25N7O/c1-12-20-15(22-21-12)14-8-24(4)9-18(14)10-25(11-18)17(26)13-6-5-7-19-16(13)23(2)3/h5-7,14H,8-11H2,1-4H3,(H,20,21,22). The second kappa shape index (κ2) is 6.05. The number of amides is 1. The van der Waals surface area contributed by atoms with Gasteiger partial charge in [0.2, 0.25) is 0 Å². The number of anilines is 1. The summed E-state index contributed by atoms with van der Waals surface area (Å²) in [6.45, 7) is 5.27. The van der Waals surface area contributed by atoms with Gasteiger partial charge in [0.15, 0.2) is 5.82 Å². The van der Waals surface area contributed by atoms with Crippen LogP contribution in [0.25, 0.3) is 0 Å². The van der Waals surface area contributed by atoms with E-state index in [0.29, 0.717) is 11.4 Å². The Labute approximate surface area is 153 Å². The molecule has 26 heavy (non-hydrogen) atoms. The molecule has 4 heterocycles. The quantitative estimate of drug-likeness (QED) is 0.875. The Balaban J connectivity index is 1.54. The average molecular weight is 355 g/mol. The van der Waals surface area contributed by atoms with E-state index in [1.807, 2.05) is 43.0 Å². The molecule has 138 valence electrons. The fraction of sp³-hybridized carbons (Fsp3) is 0.556. The molecular weight excluding hydrogens is 330 g/mol. The van der Waals surface area contributed by atoms with E-state index in [9.17, 15) is 4.79 Å². The monoisotopic (exact) mass is 355 g/mol. The van der Waals surface area contributed by atoms with Gasteiger partial charge in [-0.3, -0.25) is 9.89 Å². The third-order valence-electron chi connectivity index (χ3n) is 5.48. The van der Waals surface area contributed by atoms with E-state index in [1.54, 1.807) is 6.20 Å². The lowest BCUT2D eigenvalue weighted by Gasteiger charge is -2.50. The maximum Gasteiger partial charge on any atom is 0.257 e. The molecule has 1 amide bonds. The number of carbonyl (C=O) groups excluding carboxylic acids is 1. The molecule has 2 aliphatic heterocycles. The molecule has 0 aromatic carbocycles. The minimum atomic E-state index is 0.0412. The number of aryl methyl sites for hydroxylation is 1. The van der Waals surface area contributed by atoms with Crippen molar-refractivity contribution >= 4 is 11.7 Å². The van der Waals surface area contributed by atoms with Crippen molar-refractivity contribution in [2.75, 3.05) is 52.2 Å². The molecule has 1 unspecified atom stereocenters. The van der Waals surface area contributed by atoms with E-state index in [4.69, 9.17) is 0 Å². The summed E-state index contributed by atoms with van der Waals surface area (Å²) in [4.78, 5) is 28.1. The van der Waals surface area contributed by atoms with Gasteiger partial charge < -0.3 is 14.7 Å². The fourth-order valence-corrected chi connectivity index (χ4v) is 4.36. The Hall–Kier alpha value is -2.48. The molecule has 1 spiro atoms. The SMILES string of the molecule is Cc1nc(C2CN(C)CC23CN(C(=O)c2cccnc2N(C)C)C3)n[nH]1. The molecule has 0 radical (unpaired) electrons. The summed E-state index contributed by atoms with van der Waals surface area (Å²) < 4.78 is 0. The van der Waals surface area contributed by atoms with Crippen molar-refractivity contribution < 1.29 is 4.79 Å². The summed E-state index contributed by atoms with van der Waals surface area (Å²) in [5.74, 6) is 2.72. The summed E-state index contributed by atoms with van der Waals surface area (Å²) in [5.41, 5.74) is 0.698. The van der Waals surface area contributed by atoms with Gasteiger partial charge in [-0.25, -0.2) is 9.97 Å². The van der Waals surface area contributed by atoms with E-state index >= 15 is 0 Å². The van der Waals surface area contributed by atoms with Gasteiger partial charge in [0.25, 0.3) is 5.91 Å². The number of likely N-dealkylation sites (tertiary alicyclic amines) is 2. The first-order chi connectivity index (χ1) is 12.4. The molecule has 0 bridgehead atoms. The molecule has 4 rings (SSSR count). The number of nitrogens with zero attached hydrogens (tertiary/aromatic N) is 6. The first-order valence-electron chi connectivity index (χ1n) is 8.89. The van der Waals surface area contributed by atoms with Crippen LogP contribution in [-0.4, -0.2) is 83.2 Å². The summed E-state index contributed by atoms with van der Waals surface area (Å²) in [7, 11) is 5.94. The maximum absolute atomic E-state index is 13.0. The van der Waals surface area contributed by atoms with E-state index in [2.05, 4.69) is 32.1 Å². The number of likely N-dealkylation sites (N-methyl/N-ethyl adjacent to an activating group) is 1. The minimum absolute atomic E-state index is 0.0412. The second-order valence-corrected chi connectivity index (χ2v) is 7.82. The lowest BCUT2D eigenvalue weighted by Crippen LogP contribution is -2.61. The number of hydrogen-bond acceptors (Lipinski definition) is 6. The summed E-state index contributed by atoms with van der Waals surface area (Å²) >= 11 is 0. The predicted molar refractivity (Wildman–Crippen MR) is 98.3 cm³/mol. The Morgan fingerprint density at radius 3 is 2.77 bits per heavy atom. The Kier molecular flexibility index (Phi) is 3.95. The van der Waals surface area contributed by atoms with Gasteiger partial charge in [0.1, 0.15) is 11.6 Å². The van der Waals surface area contributed by atoms with Gasteiger partial charge in [-0.15, -0.1) is 0 Å². The first kappa shape index (κ1) is 17.0. The van der Waals surface area contributed by atoms with Crippen LogP contribution in [0.4, 0.5) is 5.82 Å². The number of nitrogens with one attached hydrogen (secondary N) is 1. The molecule has 2 aromatic rings. The second-order valence-electron chi connectivity index (χ2n) is 7.82. The van der Waals surface area contributed by atoms with Crippen molar-refractivity contribution in [2.24, 2.45) is 5.41 Å². The predicted octanol–water partition coefficient (Wildman–Crippen LogP) is 0.746. The summed E-state index contributed by atoms with van der Waals surface area (Å²) in [6, 6.07) is 3.67. The van der Waals surface area contributed by atoms with Gasteiger partial charge in [0, 0.05) is 57.8 Å². The highest BCUT2D eigenvalue weighted by molar-refractivity contribution is 5.99. The summed E-state index contributed by atoms with van der Waals surface area (Å²) in [6.07, 6.45) is 1.72. The topological polar surface area (TPSA) is 81.2 Å². The van der Waals surface area contributed by atoms with Crippen molar-refractivity contribution in [1.82, 2.24) is 30.0 Å². The van der Waals surface area contributed by atoms with Crippen molar-refractivity contribution in [1.29, 1.82) is 0 Å². The lowest BCUT2D eigenvalue weighted by molar-refractivity contribution is 0.00303. The molecule has 2 aromatic heterocycles. The highest BCUT2D eigenvalue weighted by Crippen LogP contribution is 2.48. The Morgan fingerprint density at radius 1 is 1.35 bits per heavy atom. The van der Waals surface area contributed by atoms with Crippen LogP contribution in [0.3, 0.4) is 0 Å². The number of rotatable bonds is 3. The van der Waals surface area contributed by atoms with Crippen LogP contribution in [0.15, 0.2) is 18.3 Å². The van der Waals surface area contributed by atoms with E-state index in [-0.39, 0.29) is 17.2 Å².